The van der Waals surface area contributed by atoms with Gasteiger partial charge in [0, 0.05) is 11.5 Å². The minimum absolute atomic E-state index is 0.111. The van der Waals surface area contributed by atoms with Crippen molar-refractivity contribution >= 4 is 46.7 Å². The van der Waals surface area contributed by atoms with E-state index in [2.05, 4.69) is 4.98 Å². The first kappa shape index (κ1) is 14.9. The molecule has 1 aromatic rings. The standard InChI is InChI=1S/C12H13N3O3S3/c1-5-12(21-4-14-5)20-3-6-2-19-10-7(13)9(16)15(10)8(6)11(17)18/h4,7,10H,2-3,13H2,1H3,(H,17,18)/t7?,10-/m0/s1. The number of carbonyl (C=O) groups excluding carboxylic acids is 1. The van der Waals surface area contributed by atoms with Crippen molar-refractivity contribution in [3.05, 3.63) is 22.5 Å². The lowest BCUT2D eigenvalue weighted by molar-refractivity contribution is -0.147. The molecular formula is C12H13N3O3S3. The first-order valence-corrected chi connectivity index (χ1v) is 9.10. The lowest BCUT2D eigenvalue weighted by Gasteiger charge is -2.48. The molecule has 0 bridgehead atoms. The molecule has 2 aliphatic rings. The first-order valence-electron chi connectivity index (χ1n) is 6.19. The van der Waals surface area contributed by atoms with E-state index in [-0.39, 0.29) is 17.0 Å². The molecule has 1 aromatic heterocycles. The van der Waals surface area contributed by atoms with Crippen molar-refractivity contribution in [2.24, 2.45) is 5.73 Å². The third-order valence-electron chi connectivity index (χ3n) is 3.37. The van der Waals surface area contributed by atoms with Crippen LogP contribution in [-0.2, 0) is 9.59 Å². The third-order valence-corrected chi connectivity index (χ3v) is 7.14. The highest BCUT2D eigenvalue weighted by atomic mass is 32.2. The van der Waals surface area contributed by atoms with Crippen LogP contribution < -0.4 is 5.73 Å². The van der Waals surface area contributed by atoms with Gasteiger partial charge in [0.1, 0.15) is 17.1 Å². The molecule has 1 unspecified atom stereocenters. The molecule has 2 aliphatic heterocycles. The molecule has 0 aliphatic carbocycles. The zero-order valence-electron chi connectivity index (χ0n) is 11.1. The summed E-state index contributed by atoms with van der Waals surface area (Å²) in [6.07, 6.45) is 0. The van der Waals surface area contributed by atoms with Crippen LogP contribution in [-0.4, -0.2) is 49.8 Å². The van der Waals surface area contributed by atoms with Gasteiger partial charge in [-0.15, -0.1) is 34.9 Å². The van der Waals surface area contributed by atoms with Crippen molar-refractivity contribution in [1.29, 1.82) is 0 Å². The Morgan fingerprint density at radius 1 is 1.67 bits per heavy atom. The average Bonchev–Trinajstić information content (AvgIpc) is 2.88. The van der Waals surface area contributed by atoms with Gasteiger partial charge in [0.2, 0.25) is 5.91 Å². The minimum atomic E-state index is -1.06. The molecule has 9 heteroatoms. The van der Waals surface area contributed by atoms with Crippen molar-refractivity contribution in [1.82, 2.24) is 9.88 Å². The van der Waals surface area contributed by atoms with Gasteiger partial charge in [-0.1, -0.05) is 0 Å². The maximum Gasteiger partial charge on any atom is 0.352 e. The summed E-state index contributed by atoms with van der Waals surface area (Å²) in [4.78, 5) is 28.8. The number of thioether (sulfide) groups is 2. The summed E-state index contributed by atoms with van der Waals surface area (Å²) < 4.78 is 1.07. The summed E-state index contributed by atoms with van der Waals surface area (Å²) in [5, 5.41) is 9.19. The lowest BCUT2D eigenvalue weighted by Crippen LogP contribution is -2.68. The Hall–Kier alpha value is -1.03. The predicted molar refractivity (Wildman–Crippen MR) is 83.3 cm³/mol. The van der Waals surface area contributed by atoms with Gasteiger partial charge in [0.25, 0.3) is 0 Å². The minimum Gasteiger partial charge on any atom is -0.477 e. The van der Waals surface area contributed by atoms with Gasteiger partial charge in [-0.2, -0.15) is 0 Å². The normalized spacial score (nSPS) is 24.9. The van der Waals surface area contributed by atoms with Crippen LogP contribution >= 0.6 is 34.9 Å². The highest BCUT2D eigenvalue weighted by Crippen LogP contribution is 2.41. The second-order valence-electron chi connectivity index (χ2n) is 4.71. The van der Waals surface area contributed by atoms with Gasteiger partial charge >= 0.3 is 5.97 Å². The van der Waals surface area contributed by atoms with E-state index in [1.165, 1.54) is 28.0 Å². The molecule has 0 saturated carbocycles. The summed E-state index contributed by atoms with van der Waals surface area (Å²) in [6, 6.07) is -0.581. The van der Waals surface area contributed by atoms with E-state index in [0.717, 1.165) is 15.5 Å². The average molecular weight is 343 g/mol. The third kappa shape index (κ3) is 2.48. The van der Waals surface area contributed by atoms with Crippen molar-refractivity contribution in [3.8, 4) is 0 Å². The Morgan fingerprint density at radius 2 is 2.43 bits per heavy atom. The van der Waals surface area contributed by atoms with Crippen molar-refractivity contribution in [2.75, 3.05) is 11.5 Å². The van der Waals surface area contributed by atoms with Gasteiger partial charge in [-0.25, -0.2) is 9.78 Å². The fourth-order valence-corrected chi connectivity index (χ4v) is 5.61. The van der Waals surface area contributed by atoms with Crippen molar-refractivity contribution in [2.45, 2.75) is 22.5 Å². The molecule has 1 amide bonds. The van der Waals surface area contributed by atoms with E-state index in [4.69, 9.17) is 5.73 Å². The number of aromatic nitrogens is 1. The van der Waals surface area contributed by atoms with E-state index < -0.39 is 12.0 Å². The fraction of sp³-hybridized carbons (Fsp3) is 0.417. The number of carboxylic acid groups (broad SMARTS) is 1. The number of nitrogens with zero attached hydrogens (tertiary/aromatic N) is 2. The number of hydrogen-bond donors (Lipinski definition) is 2. The molecule has 3 N–H and O–H groups in total. The lowest BCUT2D eigenvalue weighted by atomic mass is 10.0. The summed E-state index contributed by atoms with van der Waals surface area (Å²) in [6.45, 7) is 1.93. The molecular weight excluding hydrogens is 330 g/mol. The highest BCUT2D eigenvalue weighted by molar-refractivity contribution is 8.02. The maximum atomic E-state index is 11.8. The summed E-state index contributed by atoms with van der Waals surface area (Å²) in [5.41, 5.74) is 9.31. The fourth-order valence-electron chi connectivity index (χ4n) is 2.27. The second kappa shape index (κ2) is 5.64. The molecule has 1 saturated heterocycles. The molecule has 112 valence electrons. The number of thiazole rings is 1. The van der Waals surface area contributed by atoms with E-state index in [0.29, 0.717) is 11.5 Å². The van der Waals surface area contributed by atoms with Crippen molar-refractivity contribution in [3.63, 3.8) is 0 Å². The summed E-state index contributed by atoms with van der Waals surface area (Å²) in [7, 11) is 0. The predicted octanol–water partition coefficient (Wildman–Crippen LogP) is 1.12. The van der Waals surface area contributed by atoms with Gasteiger partial charge in [-0.05, 0) is 12.5 Å². The summed E-state index contributed by atoms with van der Waals surface area (Å²) >= 11 is 4.63. The molecule has 6 nitrogen and oxygen atoms in total. The molecule has 3 rings (SSSR count). The van der Waals surface area contributed by atoms with Gasteiger partial charge in [-0.3, -0.25) is 9.69 Å². The van der Waals surface area contributed by atoms with E-state index in [1.54, 1.807) is 17.3 Å². The number of fused-ring (bicyclic) bond motifs is 1. The maximum absolute atomic E-state index is 11.8. The number of aryl methyl sites for hydroxylation is 1. The SMILES string of the molecule is Cc1ncsc1SCC1=C(C(=O)O)N2C(=O)C(N)[C@@H]2SC1. The number of β-lactam (4-membered cyclic amide) rings is 1. The van der Waals surface area contributed by atoms with Crippen LogP contribution in [0.25, 0.3) is 0 Å². The second-order valence-corrected chi connectivity index (χ2v) is 7.91. The molecule has 0 radical (unpaired) electrons. The van der Waals surface area contributed by atoms with Crippen LogP contribution in [0.15, 0.2) is 21.0 Å². The number of hydrogen-bond acceptors (Lipinski definition) is 7. The molecule has 3 heterocycles. The van der Waals surface area contributed by atoms with Gasteiger partial charge in [0.05, 0.1) is 15.4 Å². The number of nitrogens with two attached hydrogens (primary N) is 1. The van der Waals surface area contributed by atoms with Crippen LogP contribution in [0.3, 0.4) is 0 Å². The number of aliphatic carboxylic acids is 1. The molecule has 1 fully saturated rings. The van der Waals surface area contributed by atoms with Crippen LogP contribution in [0, 0.1) is 6.92 Å². The van der Waals surface area contributed by atoms with Crippen LogP contribution in [0.1, 0.15) is 5.69 Å². The van der Waals surface area contributed by atoms with Crippen molar-refractivity contribution < 1.29 is 14.7 Å². The molecule has 2 atom stereocenters. The number of rotatable bonds is 4. The molecule has 0 aromatic carbocycles. The number of carboxylic acids is 1. The zero-order valence-corrected chi connectivity index (χ0v) is 13.6. The number of carbonyl (C=O) groups is 2. The summed E-state index contributed by atoms with van der Waals surface area (Å²) in [5.74, 6) is -0.226. The van der Waals surface area contributed by atoms with Crippen LogP contribution in [0.4, 0.5) is 0 Å². The van der Waals surface area contributed by atoms with Crippen LogP contribution in [0.5, 0.6) is 0 Å². The Bertz CT molecular complexity index is 643. The number of amides is 1. The smallest absolute Gasteiger partial charge is 0.352 e. The highest BCUT2D eigenvalue weighted by Gasteiger charge is 2.51. The van der Waals surface area contributed by atoms with Gasteiger partial charge in [0.15, 0.2) is 0 Å². The van der Waals surface area contributed by atoms with E-state index in [1.807, 2.05) is 6.92 Å². The van der Waals surface area contributed by atoms with Gasteiger partial charge < -0.3 is 10.8 Å². The zero-order chi connectivity index (χ0) is 15.1. The Labute approximate surface area is 133 Å². The Kier molecular flexibility index (Phi) is 4.00. The van der Waals surface area contributed by atoms with Crippen LogP contribution in [0.2, 0.25) is 0 Å². The van der Waals surface area contributed by atoms with E-state index in [9.17, 15) is 14.7 Å². The quantitative estimate of drug-likeness (QED) is 0.625. The Morgan fingerprint density at radius 3 is 3.05 bits per heavy atom. The van der Waals surface area contributed by atoms with E-state index >= 15 is 0 Å². The largest absolute Gasteiger partial charge is 0.477 e. The molecule has 0 spiro atoms. The topological polar surface area (TPSA) is 96.5 Å². The Balaban J connectivity index is 1.83. The monoisotopic (exact) mass is 343 g/mol. The first-order chi connectivity index (χ1) is 10.0. The molecule has 21 heavy (non-hydrogen) atoms.